The van der Waals surface area contributed by atoms with Crippen molar-refractivity contribution in [3.8, 4) is 0 Å². The number of nitrogens with one attached hydrogen (secondary N) is 2. The SMILES string of the molecule is CN=C(NCCc1ccccc1Cl)NCc1csc(C(C)C)n1.I. The third kappa shape index (κ3) is 6.57. The molecule has 132 valence electrons. The van der Waals surface area contributed by atoms with E-state index in [0.717, 1.165) is 35.2 Å². The average molecular weight is 479 g/mol. The van der Waals surface area contributed by atoms with Gasteiger partial charge in [0.05, 0.1) is 17.2 Å². The van der Waals surface area contributed by atoms with Crippen LogP contribution >= 0.6 is 46.9 Å². The first-order valence-electron chi connectivity index (χ1n) is 7.72. The molecule has 2 rings (SSSR count). The first-order chi connectivity index (χ1) is 11.1. The van der Waals surface area contributed by atoms with E-state index in [0.29, 0.717) is 12.5 Å². The van der Waals surface area contributed by atoms with Crippen LogP contribution in [0.25, 0.3) is 0 Å². The van der Waals surface area contributed by atoms with E-state index >= 15 is 0 Å². The van der Waals surface area contributed by atoms with E-state index in [4.69, 9.17) is 11.6 Å². The summed E-state index contributed by atoms with van der Waals surface area (Å²) in [6, 6.07) is 7.91. The summed E-state index contributed by atoms with van der Waals surface area (Å²) in [7, 11) is 1.77. The summed E-state index contributed by atoms with van der Waals surface area (Å²) in [6.07, 6.45) is 0.856. The molecule has 0 aliphatic heterocycles. The monoisotopic (exact) mass is 478 g/mol. The van der Waals surface area contributed by atoms with Crippen LogP contribution in [-0.2, 0) is 13.0 Å². The van der Waals surface area contributed by atoms with Crippen molar-refractivity contribution in [3.63, 3.8) is 0 Å². The maximum atomic E-state index is 6.16. The predicted molar refractivity (Wildman–Crippen MR) is 115 cm³/mol. The van der Waals surface area contributed by atoms with Gasteiger partial charge in [-0.3, -0.25) is 4.99 Å². The molecule has 1 aromatic heterocycles. The molecule has 0 saturated heterocycles. The van der Waals surface area contributed by atoms with Crippen molar-refractivity contribution in [1.29, 1.82) is 0 Å². The van der Waals surface area contributed by atoms with Gasteiger partial charge in [-0.1, -0.05) is 43.6 Å². The zero-order chi connectivity index (χ0) is 16.7. The Bertz CT molecular complexity index is 658. The highest BCUT2D eigenvalue weighted by molar-refractivity contribution is 14.0. The maximum absolute atomic E-state index is 6.16. The van der Waals surface area contributed by atoms with Gasteiger partial charge in [-0.15, -0.1) is 35.3 Å². The smallest absolute Gasteiger partial charge is 0.191 e. The Kier molecular flexibility index (Phi) is 9.61. The van der Waals surface area contributed by atoms with Crippen molar-refractivity contribution in [2.24, 2.45) is 4.99 Å². The Hall–Kier alpha value is -0.860. The van der Waals surface area contributed by atoms with Crippen molar-refractivity contribution >= 4 is 52.9 Å². The molecule has 0 unspecified atom stereocenters. The second-order valence-corrected chi connectivity index (χ2v) is 6.82. The van der Waals surface area contributed by atoms with Crippen molar-refractivity contribution in [1.82, 2.24) is 15.6 Å². The Morgan fingerprint density at radius 1 is 1.29 bits per heavy atom. The zero-order valence-corrected chi connectivity index (χ0v) is 18.1. The van der Waals surface area contributed by atoms with Crippen LogP contribution in [0.1, 0.15) is 36.0 Å². The summed E-state index contributed by atoms with van der Waals surface area (Å²) in [5, 5.41) is 10.7. The topological polar surface area (TPSA) is 49.3 Å². The van der Waals surface area contributed by atoms with Crippen LogP contribution in [0.15, 0.2) is 34.6 Å². The van der Waals surface area contributed by atoms with Crippen LogP contribution in [-0.4, -0.2) is 24.5 Å². The molecule has 0 aliphatic rings. The highest BCUT2D eigenvalue weighted by Gasteiger charge is 2.06. The van der Waals surface area contributed by atoms with Crippen LogP contribution in [0.3, 0.4) is 0 Å². The van der Waals surface area contributed by atoms with E-state index in [1.807, 2.05) is 24.3 Å². The maximum Gasteiger partial charge on any atom is 0.191 e. The fourth-order valence-corrected chi connectivity index (χ4v) is 3.15. The zero-order valence-electron chi connectivity index (χ0n) is 14.2. The van der Waals surface area contributed by atoms with E-state index < -0.39 is 0 Å². The molecule has 0 saturated carbocycles. The fraction of sp³-hybridized carbons (Fsp3) is 0.412. The number of benzene rings is 1. The molecule has 0 atom stereocenters. The molecule has 0 aliphatic carbocycles. The largest absolute Gasteiger partial charge is 0.356 e. The van der Waals surface area contributed by atoms with E-state index in [9.17, 15) is 0 Å². The fourth-order valence-electron chi connectivity index (χ4n) is 2.08. The third-order valence-electron chi connectivity index (χ3n) is 3.37. The van der Waals surface area contributed by atoms with E-state index in [1.54, 1.807) is 18.4 Å². The number of aromatic nitrogens is 1. The lowest BCUT2D eigenvalue weighted by molar-refractivity contribution is 0.776. The van der Waals surface area contributed by atoms with Gasteiger partial charge in [-0.25, -0.2) is 4.98 Å². The summed E-state index contributed by atoms with van der Waals surface area (Å²) >= 11 is 7.87. The van der Waals surface area contributed by atoms with Gasteiger partial charge in [-0.05, 0) is 18.1 Å². The molecule has 1 heterocycles. The molecule has 1 aromatic carbocycles. The minimum absolute atomic E-state index is 0. The van der Waals surface area contributed by atoms with E-state index in [-0.39, 0.29) is 24.0 Å². The number of thiazole rings is 1. The Balaban J connectivity index is 0.00000288. The number of hydrogen-bond donors (Lipinski definition) is 2. The highest BCUT2D eigenvalue weighted by atomic mass is 127. The van der Waals surface area contributed by atoms with Gasteiger partial charge in [0.2, 0.25) is 0 Å². The lowest BCUT2D eigenvalue weighted by atomic mass is 10.1. The van der Waals surface area contributed by atoms with Crippen LogP contribution < -0.4 is 10.6 Å². The number of guanidine groups is 1. The van der Waals surface area contributed by atoms with Crippen LogP contribution in [0.5, 0.6) is 0 Å². The summed E-state index contributed by atoms with van der Waals surface area (Å²) in [5.41, 5.74) is 2.19. The minimum atomic E-state index is 0. The quantitative estimate of drug-likeness (QED) is 0.366. The van der Waals surface area contributed by atoms with E-state index in [2.05, 4.69) is 39.8 Å². The molecule has 0 spiro atoms. The average Bonchev–Trinajstić information content (AvgIpc) is 3.01. The van der Waals surface area contributed by atoms with Crippen molar-refractivity contribution < 1.29 is 0 Å². The van der Waals surface area contributed by atoms with Crippen LogP contribution in [0.2, 0.25) is 5.02 Å². The van der Waals surface area contributed by atoms with Gasteiger partial charge in [0, 0.05) is 29.9 Å². The van der Waals surface area contributed by atoms with Gasteiger partial charge in [-0.2, -0.15) is 0 Å². The lowest BCUT2D eigenvalue weighted by Gasteiger charge is -2.11. The van der Waals surface area contributed by atoms with Gasteiger partial charge in [0.15, 0.2) is 5.96 Å². The number of halogens is 2. The van der Waals surface area contributed by atoms with Crippen molar-refractivity contribution in [2.75, 3.05) is 13.6 Å². The summed E-state index contributed by atoms with van der Waals surface area (Å²) < 4.78 is 0. The molecular weight excluding hydrogens is 455 g/mol. The first-order valence-corrected chi connectivity index (χ1v) is 8.98. The standard InChI is InChI=1S/C17H23ClN4S.HI/c1-12(2)16-22-14(11-23-16)10-21-17(19-3)20-9-8-13-6-4-5-7-15(13)18;/h4-7,11-12H,8-10H2,1-3H3,(H2,19,20,21);1H. The molecule has 2 N–H and O–H groups in total. The Labute approximate surface area is 170 Å². The first kappa shape index (κ1) is 21.2. The number of aliphatic imine (C=N–C) groups is 1. The van der Waals surface area contributed by atoms with Crippen molar-refractivity contribution in [2.45, 2.75) is 32.7 Å². The lowest BCUT2D eigenvalue weighted by Crippen LogP contribution is -2.37. The molecule has 2 aromatic rings. The molecular formula is C17H24ClIN4S. The molecule has 0 amide bonds. The third-order valence-corrected chi connectivity index (χ3v) is 4.93. The number of hydrogen-bond acceptors (Lipinski definition) is 3. The highest BCUT2D eigenvalue weighted by Crippen LogP contribution is 2.19. The predicted octanol–water partition coefficient (Wildman–Crippen LogP) is 4.45. The second-order valence-electron chi connectivity index (χ2n) is 5.53. The van der Waals surface area contributed by atoms with Gasteiger partial charge >= 0.3 is 0 Å². The Morgan fingerprint density at radius 2 is 2.04 bits per heavy atom. The molecule has 0 radical (unpaired) electrons. The van der Waals surface area contributed by atoms with E-state index in [1.165, 1.54) is 5.01 Å². The number of nitrogens with zero attached hydrogens (tertiary/aromatic N) is 2. The van der Waals surface area contributed by atoms with Crippen LogP contribution in [0, 0.1) is 0 Å². The Morgan fingerprint density at radius 3 is 2.67 bits per heavy atom. The molecule has 0 bridgehead atoms. The normalized spacial score (nSPS) is 11.3. The van der Waals surface area contributed by atoms with Gasteiger partial charge < -0.3 is 10.6 Å². The van der Waals surface area contributed by atoms with Gasteiger partial charge in [0.25, 0.3) is 0 Å². The van der Waals surface area contributed by atoms with Crippen LogP contribution in [0.4, 0.5) is 0 Å². The molecule has 4 nitrogen and oxygen atoms in total. The summed E-state index contributed by atoms with van der Waals surface area (Å²) in [4.78, 5) is 8.85. The summed E-state index contributed by atoms with van der Waals surface area (Å²) in [5.74, 6) is 1.25. The number of rotatable bonds is 6. The summed E-state index contributed by atoms with van der Waals surface area (Å²) in [6.45, 7) is 5.77. The van der Waals surface area contributed by atoms with Crippen molar-refractivity contribution in [3.05, 3.63) is 50.9 Å². The van der Waals surface area contributed by atoms with Gasteiger partial charge in [0.1, 0.15) is 0 Å². The molecule has 7 heteroatoms. The molecule has 0 fully saturated rings. The minimum Gasteiger partial charge on any atom is -0.356 e. The second kappa shape index (κ2) is 10.9. The molecule has 24 heavy (non-hydrogen) atoms.